The molecule has 0 radical (unpaired) electrons. The van der Waals surface area contributed by atoms with E-state index in [2.05, 4.69) is 14.8 Å². The molecule has 9 heteroatoms. The van der Waals surface area contributed by atoms with E-state index in [0.717, 1.165) is 34.7 Å². The molecule has 162 valence electrons. The molecule has 1 aliphatic carbocycles. The fourth-order valence-corrected chi connectivity index (χ4v) is 4.83. The third kappa shape index (κ3) is 3.99. The summed E-state index contributed by atoms with van der Waals surface area (Å²) >= 11 is 8.05. The van der Waals surface area contributed by atoms with Gasteiger partial charge in [-0.3, -0.25) is 0 Å². The number of aromatic nitrogens is 4. The molecule has 0 spiro atoms. The highest BCUT2D eigenvalue weighted by molar-refractivity contribution is 8.00. The van der Waals surface area contributed by atoms with Gasteiger partial charge < -0.3 is 14.4 Å². The van der Waals surface area contributed by atoms with Gasteiger partial charge in [-0.1, -0.05) is 17.7 Å². The molecule has 1 aliphatic rings. The van der Waals surface area contributed by atoms with E-state index in [9.17, 15) is 9.90 Å². The predicted molar refractivity (Wildman–Crippen MR) is 126 cm³/mol. The minimum atomic E-state index is -0.932. The number of carbonyl (C=O) groups is 1. The Bertz CT molecular complexity index is 1300. The summed E-state index contributed by atoms with van der Waals surface area (Å²) in [4.78, 5) is 16.8. The first kappa shape index (κ1) is 20.7. The van der Waals surface area contributed by atoms with E-state index in [4.69, 9.17) is 11.6 Å². The molecule has 2 heterocycles. The predicted octanol–water partition coefficient (Wildman–Crippen LogP) is 5.62. The number of hydrogen-bond acceptors (Lipinski definition) is 5. The Morgan fingerprint density at radius 1 is 1.22 bits per heavy atom. The average molecular weight is 466 g/mol. The number of carboxylic acid groups (broad SMARTS) is 1. The lowest BCUT2D eigenvalue weighted by atomic mass is 10.1. The highest BCUT2D eigenvalue weighted by Crippen LogP contribution is 2.45. The summed E-state index contributed by atoms with van der Waals surface area (Å²) in [6.45, 7) is 0. The van der Waals surface area contributed by atoms with E-state index < -0.39 is 5.97 Å². The summed E-state index contributed by atoms with van der Waals surface area (Å²) in [7, 11) is 1.82. The number of benzene rings is 2. The van der Waals surface area contributed by atoms with Crippen molar-refractivity contribution in [2.24, 2.45) is 7.05 Å². The van der Waals surface area contributed by atoms with E-state index in [0.29, 0.717) is 16.8 Å². The zero-order valence-corrected chi connectivity index (χ0v) is 18.8. The summed E-state index contributed by atoms with van der Waals surface area (Å²) in [5.74, 6) is 0.220. The summed E-state index contributed by atoms with van der Waals surface area (Å²) in [5, 5.41) is 14.2. The van der Waals surface area contributed by atoms with Gasteiger partial charge in [-0.05, 0) is 72.7 Å². The normalized spacial score (nSPS) is 13.3. The van der Waals surface area contributed by atoms with Crippen molar-refractivity contribution in [3.8, 4) is 17.1 Å². The number of aryl methyl sites for hydroxylation is 1. The molecule has 2 aromatic carbocycles. The molecule has 4 aromatic rings. The minimum absolute atomic E-state index is 0.278. The maximum atomic E-state index is 11.5. The summed E-state index contributed by atoms with van der Waals surface area (Å²) in [5.41, 5.74) is 3.92. The van der Waals surface area contributed by atoms with Crippen molar-refractivity contribution in [1.29, 1.82) is 0 Å². The maximum absolute atomic E-state index is 11.5. The van der Waals surface area contributed by atoms with Gasteiger partial charge in [0.25, 0.3) is 0 Å². The Morgan fingerprint density at radius 2 is 2.00 bits per heavy atom. The number of hydrogen-bond donors (Lipinski definition) is 2. The van der Waals surface area contributed by atoms with Gasteiger partial charge in [-0.25, -0.2) is 14.5 Å². The van der Waals surface area contributed by atoms with Crippen molar-refractivity contribution in [2.45, 2.75) is 23.7 Å². The third-order valence-corrected chi connectivity index (χ3v) is 6.68. The molecule has 1 saturated carbocycles. The van der Waals surface area contributed by atoms with Crippen LogP contribution in [0.2, 0.25) is 5.02 Å². The number of carboxylic acids is 1. The van der Waals surface area contributed by atoms with Gasteiger partial charge in [0.1, 0.15) is 6.33 Å². The smallest absolute Gasteiger partial charge is 0.335 e. The van der Waals surface area contributed by atoms with Crippen molar-refractivity contribution in [3.05, 3.63) is 77.3 Å². The summed E-state index contributed by atoms with van der Waals surface area (Å²) in [6.07, 6.45) is 7.65. The van der Waals surface area contributed by atoms with Crippen LogP contribution in [0.4, 0.5) is 5.69 Å². The molecule has 5 rings (SSSR count). The zero-order valence-electron chi connectivity index (χ0n) is 17.2. The van der Waals surface area contributed by atoms with Crippen LogP contribution in [0.3, 0.4) is 0 Å². The van der Waals surface area contributed by atoms with Crippen molar-refractivity contribution in [2.75, 3.05) is 4.72 Å². The maximum Gasteiger partial charge on any atom is 0.335 e. The second kappa shape index (κ2) is 8.37. The van der Waals surface area contributed by atoms with Crippen LogP contribution in [0.1, 0.15) is 34.7 Å². The molecule has 0 atom stereocenters. The molecule has 2 aromatic heterocycles. The van der Waals surface area contributed by atoms with Gasteiger partial charge in [0.2, 0.25) is 0 Å². The fraction of sp³-hybridized carbons (Fsp3) is 0.174. The van der Waals surface area contributed by atoms with Crippen LogP contribution >= 0.6 is 23.5 Å². The largest absolute Gasteiger partial charge is 0.478 e. The molecule has 0 aliphatic heterocycles. The average Bonchev–Trinajstić information content (AvgIpc) is 3.30. The Morgan fingerprint density at radius 3 is 2.66 bits per heavy atom. The number of aromatic carboxylic acids is 1. The van der Waals surface area contributed by atoms with Crippen molar-refractivity contribution < 1.29 is 9.90 Å². The van der Waals surface area contributed by atoms with Crippen LogP contribution in [0.15, 0.2) is 66.1 Å². The second-order valence-corrected chi connectivity index (χ2v) is 8.94. The Hall–Kier alpha value is -3.23. The second-order valence-electron chi connectivity index (χ2n) is 7.68. The molecule has 1 fully saturated rings. The number of rotatable bonds is 7. The minimum Gasteiger partial charge on any atom is -0.478 e. The van der Waals surface area contributed by atoms with Crippen LogP contribution in [0.5, 0.6) is 0 Å². The molecule has 2 N–H and O–H groups in total. The topological polar surface area (TPSA) is 85.0 Å². The molecular weight excluding hydrogens is 446 g/mol. The molecule has 0 saturated heterocycles. The van der Waals surface area contributed by atoms with E-state index >= 15 is 0 Å². The Labute approximate surface area is 194 Å². The van der Waals surface area contributed by atoms with Gasteiger partial charge in [-0.2, -0.15) is 5.10 Å². The highest BCUT2D eigenvalue weighted by atomic mass is 35.5. The van der Waals surface area contributed by atoms with E-state index in [1.165, 1.54) is 23.8 Å². The van der Waals surface area contributed by atoms with Crippen molar-refractivity contribution >= 4 is 35.2 Å². The van der Waals surface area contributed by atoms with E-state index in [1.54, 1.807) is 16.8 Å². The fourth-order valence-electron chi connectivity index (χ4n) is 3.66. The van der Waals surface area contributed by atoms with Gasteiger partial charge in [0, 0.05) is 29.9 Å². The van der Waals surface area contributed by atoms with E-state index in [-0.39, 0.29) is 5.56 Å². The summed E-state index contributed by atoms with van der Waals surface area (Å²) in [6, 6.07) is 13.1. The molecule has 0 bridgehead atoms. The van der Waals surface area contributed by atoms with Crippen LogP contribution in [-0.2, 0) is 7.05 Å². The number of nitrogens with one attached hydrogen (secondary N) is 1. The van der Waals surface area contributed by atoms with Gasteiger partial charge in [0.15, 0.2) is 5.82 Å². The molecule has 0 unspecified atom stereocenters. The number of nitrogens with zero attached hydrogens (tertiary/aromatic N) is 4. The lowest BCUT2D eigenvalue weighted by molar-refractivity contribution is 0.0696. The van der Waals surface area contributed by atoms with Gasteiger partial charge >= 0.3 is 5.97 Å². The van der Waals surface area contributed by atoms with Crippen LogP contribution in [-0.4, -0.2) is 30.4 Å². The SMILES string of the molecule is Cn1ncnc1-c1cc(NSc2cc(C(=O)O)ccc2C2CC2)c(-n2cccc2)cc1Cl. The monoisotopic (exact) mass is 465 g/mol. The van der Waals surface area contributed by atoms with Crippen LogP contribution < -0.4 is 4.72 Å². The lowest BCUT2D eigenvalue weighted by Crippen LogP contribution is -2.02. The number of anilines is 1. The molecular formula is C23H20ClN5O2S. The standard InChI is InChI=1S/C23H20ClN5O2S/c1-28-22(25-13-26-28)17-11-19(20(12-18(17)24)29-8-2-3-9-29)27-32-21-10-15(23(30)31)6-7-16(21)14-4-5-14/h2-3,6-14,27H,4-5H2,1H3,(H,30,31). The first-order valence-corrected chi connectivity index (χ1v) is 11.3. The lowest BCUT2D eigenvalue weighted by Gasteiger charge is -2.17. The quantitative estimate of drug-likeness (QED) is 0.344. The zero-order chi connectivity index (χ0) is 22.2. The Balaban J connectivity index is 1.55. The van der Waals surface area contributed by atoms with Gasteiger partial charge in [0.05, 0.1) is 22.0 Å². The van der Waals surface area contributed by atoms with Gasteiger partial charge in [-0.15, -0.1) is 0 Å². The van der Waals surface area contributed by atoms with E-state index in [1.807, 2.05) is 54.3 Å². The molecule has 32 heavy (non-hydrogen) atoms. The Kier molecular flexibility index (Phi) is 5.40. The molecule has 0 amide bonds. The first-order chi connectivity index (χ1) is 15.5. The number of halogens is 1. The third-order valence-electron chi connectivity index (χ3n) is 5.47. The molecule has 7 nitrogen and oxygen atoms in total. The highest BCUT2D eigenvalue weighted by Gasteiger charge is 2.27. The summed E-state index contributed by atoms with van der Waals surface area (Å²) < 4.78 is 7.10. The van der Waals surface area contributed by atoms with Crippen LogP contribution in [0.25, 0.3) is 17.1 Å². The van der Waals surface area contributed by atoms with Crippen LogP contribution in [0, 0.1) is 0 Å². The van der Waals surface area contributed by atoms with Crippen molar-refractivity contribution in [3.63, 3.8) is 0 Å². The first-order valence-electron chi connectivity index (χ1n) is 10.1. The van der Waals surface area contributed by atoms with Crippen molar-refractivity contribution in [1.82, 2.24) is 19.3 Å².